The van der Waals surface area contributed by atoms with Gasteiger partial charge in [-0.3, -0.25) is 14.6 Å². The average Bonchev–Trinajstić information content (AvgIpc) is 2.71. The second-order valence-electron chi connectivity index (χ2n) is 9.02. The van der Waals surface area contributed by atoms with E-state index < -0.39 is 0 Å². The quantitative estimate of drug-likeness (QED) is 0.696. The van der Waals surface area contributed by atoms with Crippen LogP contribution in [0.2, 0.25) is 0 Å². The number of hydrogen-bond donors (Lipinski definition) is 0. The van der Waals surface area contributed by atoms with Gasteiger partial charge in [-0.25, -0.2) is 0 Å². The highest BCUT2D eigenvalue weighted by Gasteiger charge is 2.25. The molecule has 2 heterocycles. The number of anilines is 1. The first kappa shape index (κ1) is 22.1. The van der Waals surface area contributed by atoms with Gasteiger partial charge in [0.05, 0.1) is 6.54 Å². The molecule has 1 atom stereocenters. The summed E-state index contributed by atoms with van der Waals surface area (Å²) in [5.41, 5.74) is 2.35. The second kappa shape index (κ2) is 10.4. The molecule has 0 aromatic heterocycles. The fourth-order valence-electron chi connectivity index (χ4n) is 4.38. The topological polar surface area (TPSA) is 33.3 Å². The molecule has 2 aliphatic heterocycles. The zero-order valence-electron chi connectivity index (χ0n) is 18.8. The second-order valence-corrected chi connectivity index (χ2v) is 9.02. The number of nitrogens with zero attached hydrogens (tertiary/aromatic N) is 5. The molecule has 0 bridgehead atoms. The van der Waals surface area contributed by atoms with E-state index in [0.29, 0.717) is 19.1 Å². The standard InChI is InChI=1S/C23H39N5O/c1-24(2)21-10-8-20(9-11-21)17-26(4)23(29)19-28-15-13-27(14-16-28)18-22-7-5-6-12-25(22)3/h8-11,22H,5-7,12-19H2,1-4H3. The van der Waals surface area contributed by atoms with E-state index in [2.05, 4.69) is 50.9 Å². The fourth-order valence-corrected chi connectivity index (χ4v) is 4.38. The zero-order chi connectivity index (χ0) is 20.8. The van der Waals surface area contributed by atoms with Crippen molar-refractivity contribution in [3.05, 3.63) is 29.8 Å². The molecule has 0 spiro atoms. The van der Waals surface area contributed by atoms with Crippen LogP contribution < -0.4 is 4.90 Å². The highest BCUT2D eigenvalue weighted by molar-refractivity contribution is 5.78. The molecule has 6 heteroatoms. The Labute approximate surface area is 177 Å². The first-order chi connectivity index (χ1) is 13.9. The summed E-state index contributed by atoms with van der Waals surface area (Å²) < 4.78 is 0. The molecule has 0 N–H and O–H groups in total. The Morgan fingerprint density at radius 3 is 2.24 bits per heavy atom. The SMILES string of the molecule is CN(Cc1ccc(N(C)C)cc1)C(=O)CN1CCN(CC2CCCCN2C)CC1. The molecule has 2 aliphatic rings. The van der Waals surface area contributed by atoms with E-state index in [0.717, 1.165) is 26.2 Å². The molecule has 6 nitrogen and oxygen atoms in total. The highest BCUT2D eigenvalue weighted by Crippen LogP contribution is 2.17. The average molecular weight is 402 g/mol. The van der Waals surface area contributed by atoms with Crippen molar-refractivity contribution in [3.8, 4) is 0 Å². The van der Waals surface area contributed by atoms with E-state index in [1.54, 1.807) is 0 Å². The third-order valence-electron chi connectivity index (χ3n) is 6.51. The number of carbonyl (C=O) groups excluding carboxylic acids is 1. The van der Waals surface area contributed by atoms with Gasteiger partial charge in [-0.2, -0.15) is 0 Å². The maximum Gasteiger partial charge on any atom is 0.236 e. The molecule has 29 heavy (non-hydrogen) atoms. The maximum atomic E-state index is 12.7. The first-order valence-electron chi connectivity index (χ1n) is 11.1. The maximum absolute atomic E-state index is 12.7. The van der Waals surface area contributed by atoms with E-state index in [-0.39, 0.29) is 5.91 Å². The summed E-state index contributed by atoms with van der Waals surface area (Å²) in [7, 11) is 8.26. The molecule has 1 aromatic rings. The largest absolute Gasteiger partial charge is 0.378 e. The lowest BCUT2D eigenvalue weighted by Gasteiger charge is -2.40. The van der Waals surface area contributed by atoms with Gasteiger partial charge in [0.25, 0.3) is 0 Å². The zero-order valence-corrected chi connectivity index (χ0v) is 18.8. The van der Waals surface area contributed by atoms with Crippen LogP contribution in [-0.2, 0) is 11.3 Å². The normalized spacial score (nSPS) is 21.9. The van der Waals surface area contributed by atoms with Gasteiger partial charge in [-0.15, -0.1) is 0 Å². The van der Waals surface area contributed by atoms with Crippen molar-refractivity contribution < 1.29 is 4.79 Å². The van der Waals surface area contributed by atoms with Gasteiger partial charge < -0.3 is 14.7 Å². The van der Waals surface area contributed by atoms with Crippen LogP contribution in [0.3, 0.4) is 0 Å². The molecule has 162 valence electrons. The molecular weight excluding hydrogens is 362 g/mol. The number of benzene rings is 1. The van der Waals surface area contributed by atoms with Gasteiger partial charge in [0.15, 0.2) is 0 Å². The number of rotatable bonds is 7. The predicted octanol–water partition coefficient (Wildman–Crippen LogP) is 1.81. The molecule has 2 fully saturated rings. The molecule has 1 unspecified atom stereocenters. The molecule has 1 amide bonds. The van der Waals surface area contributed by atoms with Crippen LogP contribution in [0.5, 0.6) is 0 Å². The summed E-state index contributed by atoms with van der Waals surface area (Å²) in [6.07, 6.45) is 4.04. The summed E-state index contributed by atoms with van der Waals surface area (Å²) in [5.74, 6) is 0.210. The number of hydrogen-bond acceptors (Lipinski definition) is 5. The van der Waals surface area contributed by atoms with Crippen molar-refractivity contribution in [2.24, 2.45) is 0 Å². The monoisotopic (exact) mass is 401 g/mol. The van der Waals surface area contributed by atoms with Crippen molar-refractivity contribution in [1.82, 2.24) is 19.6 Å². The summed E-state index contributed by atoms with van der Waals surface area (Å²) in [6, 6.07) is 9.15. The summed E-state index contributed by atoms with van der Waals surface area (Å²) in [5, 5.41) is 0. The Bertz CT molecular complexity index is 639. The highest BCUT2D eigenvalue weighted by atomic mass is 16.2. The van der Waals surface area contributed by atoms with Crippen molar-refractivity contribution in [1.29, 1.82) is 0 Å². The number of carbonyl (C=O) groups is 1. The van der Waals surface area contributed by atoms with Crippen molar-refractivity contribution >= 4 is 11.6 Å². The van der Waals surface area contributed by atoms with Crippen LogP contribution in [0.25, 0.3) is 0 Å². The number of piperidine rings is 1. The Balaban J connectivity index is 1.39. The van der Waals surface area contributed by atoms with Crippen LogP contribution >= 0.6 is 0 Å². The third-order valence-corrected chi connectivity index (χ3v) is 6.51. The van der Waals surface area contributed by atoms with Crippen LogP contribution in [0.4, 0.5) is 5.69 Å². The van der Waals surface area contributed by atoms with E-state index >= 15 is 0 Å². The first-order valence-corrected chi connectivity index (χ1v) is 11.1. The lowest BCUT2D eigenvalue weighted by Crippen LogP contribution is -2.53. The Hall–Kier alpha value is -1.63. The molecule has 0 aliphatic carbocycles. The molecular formula is C23H39N5O. The molecule has 0 saturated carbocycles. The van der Waals surface area contributed by atoms with Crippen LogP contribution in [-0.4, -0.2) is 106 Å². The van der Waals surface area contributed by atoms with Crippen molar-refractivity contribution in [2.45, 2.75) is 31.8 Å². The van der Waals surface area contributed by atoms with Gasteiger partial charge >= 0.3 is 0 Å². The number of piperazine rings is 1. The lowest BCUT2D eigenvalue weighted by molar-refractivity contribution is -0.132. The minimum Gasteiger partial charge on any atom is -0.378 e. The minimum atomic E-state index is 0.210. The lowest BCUT2D eigenvalue weighted by atomic mass is 10.0. The molecule has 0 radical (unpaired) electrons. The number of likely N-dealkylation sites (N-methyl/N-ethyl adjacent to an activating group) is 2. The fraction of sp³-hybridized carbons (Fsp3) is 0.696. The van der Waals surface area contributed by atoms with Crippen LogP contribution in [0.15, 0.2) is 24.3 Å². The molecule has 3 rings (SSSR count). The summed E-state index contributed by atoms with van der Waals surface area (Å²) in [6.45, 7) is 7.76. The molecule has 1 aromatic carbocycles. The minimum absolute atomic E-state index is 0.210. The number of likely N-dealkylation sites (tertiary alicyclic amines) is 1. The summed E-state index contributed by atoms with van der Waals surface area (Å²) >= 11 is 0. The van der Waals surface area contributed by atoms with E-state index in [1.807, 2.05) is 26.0 Å². The smallest absolute Gasteiger partial charge is 0.236 e. The number of amides is 1. The summed E-state index contributed by atoms with van der Waals surface area (Å²) in [4.78, 5) is 24.1. The van der Waals surface area contributed by atoms with E-state index in [9.17, 15) is 4.79 Å². The molecule has 2 saturated heterocycles. The Morgan fingerprint density at radius 2 is 1.62 bits per heavy atom. The van der Waals surface area contributed by atoms with Crippen LogP contribution in [0.1, 0.15) is 24.8 Å². The van der Waals surface area contributed by atoms with Gasteiger partial charge in [0.1, 0.15) is 0 Å². The van der Waals surface area contributed by atoms with Crippen molar-refractivity contribution in [3.63, 3.8) is 0 Å². The van der Waals surface area contributed by atoms with E-state index in [1.165, 1.54) is 43.6 Å². The van der Waals surface area contributed by atoms with E-state index in [4.69, 9.17) is 0 Å². The predicted molar refractivity (Wildman–Crippen MR) is 120 cm³/mol. The van der Waals surface area contributed by atoms with Gasteiger partial charge in [0.2, 0.25) is 5.91 Å². The van der Waals surface area contributed by atoms with Gasteiger partial charge in [0, 0.05) is 72.1 Å². The van der Waals surface area contributed by atoms with Gasteiger partial charge in [-0.05, 0) is 44.1 Å². The Morgan fingerprint density at radius 1 is 0.966 bits per heavy atom. The third kappa shape index (κ3) is 6.43. The Kier molecular flexibility index (Phi) is 7.92. The van der Waals surface area contributed by atoms with Crippen LogP contribution in [0, 0.1) is 0 Å². The van der Waals surface area contributed by atoms with Crippen molar-refractivity contribution in [2.75, 3.05) is 78.9 Å². The van der Waals surface area contributed by atoms with Gasteiger partial charge in [-0.1, -0.05) is 18.6 Å².